The maximum absolute atomic E-state index is 11.5. The van der Waals surface area contributed by atoms with Gasteiger partial charge in [-0.3, -0.25) is 0 Å². The minimum atomic E-state index is -3.97. The predicted octanol–water partition coefficient (Wildman–Crippen LogP) is -1.61. The number of nitrogens with two attached hydrogens (primary N) is 1. The van der Waals surface area contributed by atoms with Crippen molar-refractivity contribution in [2.45, 2.75) is 9.79 Å². The SMILES string of the molecule is NS(=O)(=O)c1cnc2c(c1)S(=O)(=O)NCN2. The Labute approximate surface area is 92.0 Å². The van der Waals surface area contributed by atoms with E-state index < -0.39 is 20.0 Å². The lowest BCUT2D eigenvalue weighted by molar-refractivity contribution is 0.580. The number of hydrogen-bond acceptors (Lipinski definition) is 6. The summed E-state index contributed by atoms with van der Waals surface area (Å²) in [5, 5.41) is 7.53. The molecular formula is C6H8N4O4S2. The molecule has 2 heterocycles. The van der Waals surface area contributed by atoms with Gasteiger partial charge in [0.2, 0.25) is 20.0 Å². The van der Waals surface area contributed by atoms with Gasteiger partial charge in [0, 0.05) is 6.20 Å². The average Bonchev–Trinajstić information content (AvgIpc) is 2.15. The Morgan fingerprint density at radius 2 is 2.12 bits per heavy atom. The number of anilines is 1. The lowest BCUT2D eigenvalue weighted by atomic mass is 10.4. The van der Waals surface area contributed by atoms with E-state index in [-0.39, 0.29) is 22.3 Å². The smallest absolute Gasteiger partial charge is 0.245 e. The molecule has 0 bridgehead atoms. The molecule has 0 aromatic carbocycles. The summed E-state index contributed by atoms with van der Waals surface area (Å²) in [4.78, 5) is 3.11. The van der Waals surface area contributed by atoms with Crippen LogP contribution in [0, 0.1) is 0 Å². The Balaban J connectivity index is 2.70. The number of aromatic nitrogens is 1. The van der Waals surface area contributed by atoms with Crippen molar-refractivity contribution in [2.24, 2.45) is 5.14 Å². The third kappa shape index (κ3) is 1.87. The molecule has 8 nitrogen and oxygen atoms in total. The van der Waals surface area contributed by atoms with Crippen LogP contribution in [0.2, 0.25) is 0 Å². The van der Waals surface area contributed by atoms with Crippen molar-refractivity contribution >= 4 is 25.9 Å². The summed E-state index contributed by atoms with van der Waals surface area (Å²) < 4.78 is 47.3. The van der Waals surface area contributed by atoms with Gasteiger partial charge >= 0.3 is 0 Å². The van der Waals surface area contributed by atoms with Crippen molar-refractivity contribution in [1.82, 2.24) is 9.71 Å². The number of primary sulfonamides is 1. The van der Waals surface area contributed by atoms with Crippen LogP contribution in [-0.2, 0) is 20.0 Å². The molecule has 0 spiro atoms. The Morgan fingerprint density at radius 1 is 1.44 bits per heavy atom. The predicted molar refractivity (Wildman–Crippen MR) is 54.4 cm³/mol. The summed E-state index contributed by atoms with van der Waals surface area (Å²) in [6.07, 6.45) is 1.00. The van der Waals surface area contributed by atoms with E-state index in [1.165, 1.54) is 0 Å². The van der Waals surface area contributed by atoms with E-state index in [2.05, 4.69) is 15.0 Å². The Morgan fingerprint density at radius 3 is 2.75 bits per heavy atom. The van der Waals surface area contributed by atoms with Crippen molar-refractivity contribution < 1.29 is 16.8 Å². The van der Waals surface area contributed by atoms with Crippen LogP contribution in [0.25, 0.3) is 0 Å². The molecule has 88 valence electrons. The van der Waals surface area contributed by atoms with Gasteiger partial charge in [0.1, 0.15) is 15.6 Å². The minimum Gasteiger partial charge on any atom is -0.355 e. The summed E-state index contributed by atoms with van der Waals surface area (Å²) in [5.41, 5.74) is 0. The van der Waals surface area contributed by atoms with Crippen LogP contribution in [0.1, 0.15) is 0 Å². The Bertz CT molecular complexity index is 636. The molecule has 0 unspecified atom stereocenters. The lowest BCUT2D eigenvalue weighted by Gasteiger charge is -2.18. The molecule has 0 radical (unpaired) electrons. The maximum Gasteiger partial charge on any atom is 0.245 e. The van der Waals surface area contributed by atoms with Crippen LogP contribution in [0.15, 0.2) is 22.1 Å². The van der Waals surface area contributed by atoms with E-state index >= 15 is 0 Å². The molecule has 2 rings (SSSR count). The van der Waals surface area contributed by atoms with E-state index in [4.69, 9.17) is 5.14 Å². The van der Waals surface area contributed by atoms with Gasteiger partial charge in [-0.15, -0.1) is 0 Å². The zero-order valence-corrected chi connectivity index (χ0v) is 9.47. The van der Waals surface area contributed by atoms with E-state index in [1.807, 2.05) is 0 Å². The van der Waals surface area contributed by atoms with Crippen LogP contribution in [-0.4, -0.2) is 28.5 Å². The molecule has 0 aliphatic carbocycles. The fraction of sp³-hybridized carbons (Fsp3) is 0.167. The van der Waals surface area contributed by atoms with Crippen LogP contribution in [0.5, 0.6) is 0 Å². The topological polar surface area (TPSA) is 131 Å². The number of nitrogens with zero attached hydrogens (tertiary/aromatic N) is 1. The first kappa shape index (κ1) is 11.3. The van der Waals surface area contributed by atoms with E-state index in [1.54, 1.807) is 0 Å². The number of hydrogen-bond donors (Lipinski definition) is 3. The van der Waals surface area contributed by atoms with Crippen molar-refractivity contribution in [3.05, 3.63) is 12.3 Å². The highest BCUT2D eigenvalue weighted by Gasteiger charge is 2.25. The van der Waals surface area contributed by atoms with Crippen molar-refractivity contribution in [3.8, 4) is 0 Å². The number of pyridine rings is 1. The highest BCUT2D eigenvalue weighted by Crippen LogP contribution is 2.23. The lowest BCUT2D eigenvalue weighted by Crippen LogP contribution is -2.35. The molecule has 1 aliphatic heterocycles. The van der Waals surface area contributed by atoms with Gasteiger partial charge in [-0.2, -0.15) is 4.72 Å². The minimum absolute atomic E-state index is 0.0110. The average molecular weight is 264 g/mol. The second kappa shape index (κ2) is 3.38. The summed E-state index contributed by atoms with van der Waals surface area (Å²) >= 11 is 0. The highest BCUT2D eigenvalue weighted by atomic mass is 32.2. The maximum atomic E-state index is 11.5. The van der Waals surface area contributed by atoms with Crippen molar-refractivity contribution in [2.75, 3.05) is 12.0 Å². The van der Waals surface area contributed by atoms with E-state index in [0.717, 1.165) is 12.3 Å². The summed E-state index contributed by atoms with van der Waals surface area (Å²) in [7, 11) is -7.69. The molecule has 1 aromatic rings. The largest absolute Gasteiger partial charge is 0.355 e. The molecule has 0 saturated heterocycles. The molecule has 0 fully saturated rings. The molecule has 0 saturated carbocycles. The fourth-order valence-electron chi connectivity index (χ4n) is 1.21. The van der Waals surface area contributed by atoms with Gasteiger partial charge in [0.15, 0.2) is 0 Å². The standard InChI is InChI=1S/C6H8N4O4S2/c7-15(11,12)4-1-5-6(8-2-4)9-3-10-16(5,13)14/h1-2,10H,3H2,(H,8,9)(H2,7,11,12). The monoisotopic (exact) mass is 264 g/mol. The van der Waals surface area contributed by atoms with Gasteiger partial charge in [-0.05, 0) is 6.07 Å². The first-order valence-corrected chi connectivity index (χ1v) is 7.10. The van der Waals surface area contributed by atoms with Gasteiger partial charge < -0.3 is 5.32 Å². The molecule has 4 N–H and O–H groups in total. The Hall–Kier alpha value is -1.23. The summed E-state index contributed by atoms with van der Waals surface area (Å²) in [6.45, 7) is 0.0110. The second-order valence-electron chi connectivity index (χ2n) is 3.06. The van der Waals surface area contributed by atoms with Gasteiger partial charge in [0.25, 0.3) is 0 Å². The van der Waals surface area contributed by atoms with Gasteiger partial charge in [-0.1, -0.05) is 0 Å². The Kier molecular flexibility index (Phi) is 2.38. The molecule has 10 heteroatoms. The van der Waals surface area contributed by atoms with Crippen LogP contribution in [0.4, 0.5) is 5.82 Å². The van der Waals surface area contributed by atoms with Gasteiger partial charge in [-0.25, -0.2) is 27.0 Å². The molecule has 1 aromatic heterocycles. The van der Waals surface area contributed by atoms with Crippen LogP contribution in [0.3, 0.4) is 0 Å². The molecular weight excluding hydrogens is 256 g/mol. The summed E-state index contributed by atoms with van der Waals surface area (Å²) in [5.74, 6) is 0.103. The van der Waals surface area contributed by atoms with Crippen LogP contribution >= 0.6 is 0 Å². The quantitative estimate of drug-likeness (QED) is 0.559. The first-order chi connectivity index (χ1) is 7.31. The van der Waals surface area contributed by atoms with Crippen LogP contribution < -0.4 is 15.2 Å². The fourth-order valence-corrected chi connectivity index (χ4v) is 2.85. The summed E-state index contributed by atoms with van der Waals surface area (Å²) in [6, 6.07) is 0.964. The molecule has 1 aliphatic rings. The second-order valence-corrected chi connectivity index (χ2v) is 6.36. The molecule has 16 heavy (non-hydrogen) atoms. The van der Waals surface area contributed by atoms with E-state index in [9.17, 15) is 16.8 Å². The van der Waals surface area contributed by atoms with E-state index in [0.29, 0.717) is 0 Å². The molecule has 0 atom stereocenters. The number of sulfonamides is 2. The third-order valence-corrected chi connectivity index (χ3v) is 4.26. The zero-order chi connectivity index (χ0) is 12.0. The highest BCUT2D eigenvalue weighted by molar-refractivity contribution is 7.90. The number of fused-ring (bicyclic) bond motifs is 1. The molecule has 0 amide bonds. The number of nitrogens with one attached hydrogen (secondary N) is 2. The van der Waals surface area contributed by atoms with Gasteiger partial charge in [0.05, 0.1) is 6.67 Å². The zero-order valence-electron chi connectivity index (χ0n) is 7.84. The first-order valence-electron chi connectivity index (χ1n) is 4.07. The van der Waals surface area contributed by atoms with Crippen molar-refractivity contribution in [1.29, 1.82) is 0 Å². The third-order valence-electron chi connectivity index (χ3n) is 1.96. The number of rotatable bonds is 1. The van der Waals surface area contributed by atoms with Crippen molar-refractivity contribution in [3.63, 3.8) is 0 Å². The normalized spacial score (nSPS) is 18.6.